The van der Waals surface area contributed by atoms with Gasteiger partial charge in [0.15, 0.2) is 0 Å². The molecule has 0 radical (unpaired) electrons. The van der Waals surface area contributed by atoms with Crippen LogP contribution in [-0.4, -0.2) is 26.1 Å². The topological polar surface area (TPSA) is 78.6 Å². The van der Waals surface area contributed by atoms with Crippen LogP contribution in [-0.2, 0) is 25.6 Å². The molecule has 1 aromatic heterocycles. The summed E-state index contributed by atoms with van der Waals surface area (Å²) in [6.45, 7) is 6.42. The van der Waals surface area contributed by atoms with Crippen LogP contribution in [0.5, 0.6) is 0 Å². The highest BCUT2D eigenvalue weighted by Crippen LogP contribution is 2.29. The van der Waals surface area contributed by atoms with Crippen LogP contribution in [0.2, 0.25) is 0 Å². The fourth-order valence-corrected chi connectivity index (χ4v) is 5.06. The monoisotopic (exact) mass is 469 g/mol. The number of rotatable bonds is 8. The highest BCUT2D eigenvalue weighted by atomic mass is 32.2. The second kappa shape index (κ2) is 10.2. The van der Waals surface area contributed by atoms with Gasteiger partial charge in [-0.05, 0) is 70.2 Å². The quantitative estimate of drug-likeness (QED) is 0.391. The number of hydrogen-bond acceptors (Lipinski definition) is 6. The second-order valence-electron chi connectivity index (χ2n) is 8.91. The van der Waals surface area contributed by atoms with Crippen molar-refractivity contribution in [3.63, 3.8) is 0 Å². The number of hydrogen-bond donors (Lipinski definition) is 0. The van der Waals surface area contributed by atoms with E-state index in [0.717, 1.165) is 48.3 Å². The van der Waals surface area contributed by atoms with Crippen LogP contribution in [0.15, 0.2) is 57.8 Å². The molecule has 1 heterocycles. The summed E-state index contributed by atoms with van der Waals surface area (Å²) in [7, 11) is -3.74. The van der Waals surface area contributed by atoms with Crippen molar-refractivity contribution in [2.45, 2.75) is 64.1 Å². The summed E-state index contributed by atoms with van der Waals surface area (Å²) in [5.41, 5.74) is 3.94. The van der Waals surface area contributed by atoms with Crippen molar-refractivity contribution < 1.29 is 21.8 Å². The average molecular weight is 470 g/mol. The first kappa shape index (κ1) is 23.7. The van der Waals surface area contributed by atoms with Crippen LogP contribution >= 0.6 is 0 Å². The molecule has 0 aliphatic heterocycles. The summed E-state index contributed by atoms with van der Waals surface area (Å²) in [4.78, 5) is 4.82. The molecule has 1 fully saturated rings. The van der Waals surface area contributed by atoms with Gasteiger partial charge in [-0.1, -0.05) is 41.8 Å². The smallest absolute Gasteiger partial charge is 0.296 e. The maximum absolute atomic E-state index is 12.5. The minimum Gasteiger partial charge on any atom is -0.441 e. The van der Waals surface area contributed by atoms with E-state index in [1.165, 1.54) is 5.56 Å². The minimum absolute atomic E-state index is 0.0494. The molecule has 176 valence electrons. The molecule has 2 aromatic carbocycles. The summed E-state index contributed by atoms with van der Waals surface area (Å²) in [5, 5.41) is 0. The lowest BCUT2D eigenvalue weighted by atomic mass is 9.88. The third kappa shape index (κ3) is 6.10. The van der Waals surface area contributed by atoms with Gasteiger partial charge in [-0.3, -0.25) is 4.18 Å². The molecule has 0 N–H and O–H groups in total. The Bertz CT molecular complexity index is 1170. The van der Waals surface area contributed by atoms with E-state index >= 15 is 0 Å². The van der Waals surface area contributed by atoms with Crippen molar-refractivity contribution in [3.8, 4) is 11.5 Å². The average Bonchev–Trinajstić information content (AvgIpc) is 3.18. The summed E-state index contributed by atoms with van der Waals surface area (Å²) < 4.78 is 42.3. The number of aryl methyl sites for hydroxylation is 3. The zero-order chi connectivity index (χ0) is 23.4. The van der Waals surface area contributed by atoms with E-state index in [9.17, 15) is 8.42 Å². The molecule has 4 rings (SSSR count). The van der Waals surface area contributed by atoms with Crippen LogP contribution < -0.4 is 0 Å². The zero-order valence-corrected chi connectivity index (χ0v) is 20.2. The predicted molar refractivity (Wildman–Crippen MR) is 126 cm³/mol. The van der Waals surface area contributed by atoms with Gasteiger partial charge < -0.3 is 9.15 Å². The molecular weight excluding hydrogens is 438 g/mol. The maximum Gasteiger partial charge on any atom is 0.296 e. The van der Waals surface area contributed by atoms with E-state index in [1.807, 2.05) is 45.0 Å². The van der Waals surface area contributed by atoms with E-state index in [4.69, 9.17) is 13.3 Å². The maximum atomic E-state index is 12.5. The number of nitrogens with zero attached hydrogens (tertiary/aromatic N) is 1. The van der Waals surface area contributed by atoms with Gasteiger partial charge in [-0.15, -0.1) is 0 Å². The first-order chi connectivity index (χ1) is 15.8. The van der Waals surface area contributed by atoms with Gasteiger partial charge in [-0.25, -0.2) is 4.98 Å². The molecule has 1 aliphatic rings. The molecule has 0 amide bonds. The van der Waals surface area contributed by atoms with E-state index in [1.54, 1.807) is 24.3 Å². The molecule has 0 bridgehead atoms. The Balaban J connectivity index is 1.30. The summed E-state index contributed by atoms with van der Waals surface area (Å²) in [6.07, 6.45) is 3.68. The van der Waals surface area contributed by atoms with Gasteiger partial charge in [0.05, 0.1) is 24.2 Å². The Hall–Kier alpha value is -2.48. The Morgan fingerprint density at radius 2 is 1.64 bits per heavy atom. The van der Waals surface area contributed by atoms with Crippen LogP contribution in [0.25, 0.3) is 11.5 Å². The van der Waals surface area contributed by atoms with Gasteiger partial charge in [0.25, 0.3) is 10.1 Å². The molecular formula is C26H31NO5S. The minimum atomic E-state index is -3.74. The Morgan fingerprint density at radius 1 is 0.970 bits per heavy atom. The summed E-state index contributed by atoms with van der Waals surface area (Å²) in [5.74, 6) is 1.50. The number of ether oxygens (including phenoxy) is 1. The standard InChI is InChI=1S/C26H31NO5S/c1-18-7-11-22(12-8-18)26-27-25(20(3)32-26)17-30-23-6-4-5-21(15-23)16-31-33(28,29)24-13-9-19(2)10-14-24/h7-14,21,23H,4-6,15-17H2,1-3H3. The first-order valence-corrected chi connectivity index (χ1v) is 12.8. The van der Waals surface area contributed by atoms with E-state index in [-0.39, 0.29) is 23.5 Å². The molecule has 0 saturated heterocycles. The molecule has 1 saturated carbocycles. The van der Waals surface area contributed by atoms with E-state index in [0.29, 0.717) is 12.5 Å². The first-order valence-electron chi connectivity index (χ1n) is 11.4. The SMILES string of the molecule is Cc1ccc(-c2nc(COC3CCCC(COS(=O)(=O)c4ccc(C)cc4)C3)c(C)o2)cc1. The van der Waals surface area contributed by atoms with Crippen molar-refractivity contribution >= 4 is 10.1 Å². The molecule has 33 heavy (non-hydrogen) atoms. The molecule has 2 unspecified atom stereocenters. The van der Waals surface area contributed by atoms with Crippen LogP contribution in [0.4, 0.5) is 0 Å². The Morgan fingerprint density at radius 3 is 2.33 bits per heavy atom. The van der Waals surface area contributed by atoms with Gasteiger partial charge in [0.2, 0.25) is 5.89 Å². The fourth-order valence-electron chi connectivity index (χ4n) is 4.08. The zero-order valence-electron chi connectivity index (χ0n) is 19.4. The van der Waals surface area contributed by atoms with Crippen molar-refractivity contribution in [1.82, 2.24) is 4.98 Å². The third-order valence-electron chi connectivity index (χ3n) is 6.15. The van der Waals surface area contributed by atoms with E-state index in [2.05, 4.69) is 4.98 Å². The third-order valence-corrected chi connectivity index (χ3v) is 7.45. The lowest BCUT2D eigenvalue weighted by Crippen LogP contribution is -2.26. The van der Waals surface area contributed by atoms with Gasteiger partial charge in [0.1, 0.15) is 11.5 Å². The highest BCUT2D eigenvalue weighted by molar-refractivity contribution is 7.86. The molecule has 1 aliphatic carbocycles. The molecule has 0 spiro atoms. The second-order valence-corrected chi connectivity index (χ2v) is 10.5. The lowest BCUT2D eigenvalue weighted by Gasteiger charge is -2.28. The fraction of sp³-hybridized carbons (Fsp3) is 0.423. The van der Waals surface area contributed by atoms with Crippen LogP contribution in [0, 0.1) is 26.7 Å². The molecule has 6 nitrogen and oxygen atoms in total. The summed E-state index contributed by atoms with van der Waals surface area (Å²) in [6, 6.07) is 14.8. The van der Waals surface area contributed by atoms with Gasteiger partial charge in [-0.2, -0.15) is 8.42 Å². The molecule has 2 atom stereocenters. The van der Waals surface area contributed by atoms with Gasteiger partial charge in [0, 0.05) is 5.56 Å². The molecule has 3 aromatic rings. The van der Waals surface area contributed by atoms with E-state index < -0.39 is 10.1 Å². The summed E-state index contributed by atoms with van der Waals surface area (Å²) >= 11 is 0. The lowest BCUT2D eigenvalue weighted by molar-refractivity contribution is -0.00559. The highest BCUT2D eigenvalue weighted by Gasteiger charge is 2.26. The van der Waals surface area contributed by atoms with Crippen molar-refractivity contribution in [1.29, 1.82) is 0 Å². The largest absolute Gasteiger partial charge is 0.441 e. The number of oxazole rings is 1. The van der Waals surface area contributed by atoms with Crippen molar-refractivity contribution in [2.24, 2.45) is 5.92 Å². The number of aromatic nitrogens is 1. The number of benzene rings is 2. The molecule has 7 heteroatoms. The normalized spacial score (nSPS) is 19.0. The van der Waals surface area contributed by atoms with Crippen LogP contribution in [0.1, 0.15) is 48.3 Å². The van der Waals surface area contributed by atoms with Crippen molar-refractivity contribution in [2.75, 3.05) is 6.61 Å². The Labute approximate surface area is 196 Å². The van der Waals surface area contributed by atoms with Gasteiger partial charge >= 0.3 is 0 Å². The predicted octanol–water partition coefficient (Wildman–Crippen LogP) is 5.75. The van der Waals surface area contributed by atoms with Crippen molar-refractivity contribution in [3.05, 3.63) is 71.1 Å². The van der Waals surface area contributed by atoms with Crippen LogP contribution in [0.3, 0.4) is 0 Å². The Kier molecular flexibility index (Phi) is 7.32.